The summed E-state index contributed by atoms with van der Waals surface area (Å²) < 4.78 is 22.7. The minimum atomic E-state index is -3.34. The van der Waals surface area contributed by atoms with E-state index in [9.17, 15) is 8.42 Å². The molecule has 0 bridgehead atoms. The van der Waals surface area contributed by atoms with Crippen molar-refractivity contribution in [3.63, 3.8) is 0 Å². The van der Waals surface area contributed by atoms with E-state index in [2.05, 4.69) is 4.98 Å². The Morgan fingerprint density at radius 1 is 1.60 bits per heavy atom. The van der Waals surface area contributed by atoms with Gasteiger partial charge in [-0.05, 0) is 0 Å². The molecule has 4 nitrogen and oxygen atoms in total. The van der Waals surface area contributed by atoms with Gasteiger partial charge in [0, 0.05) is 12.4 Å². The molecule has 0 radical (unpaired) electrons. The molecule has 10 heavy (non-hydrogen) atoms. The van der Waals surface area contributed by atoms with Crippen LogP contribution in [0.2, 0.25) is 0 Å². The van der Waals surface area contributed by atoms with E-state index >= 15 is 0 Å². The summed E-state index contributed by atoms with van der Waals surface area (Å²) in [5.74, 6) is 0. The number of hydrogen-bond donors (Lipinski definition) is 0. The topological polar surface area (TPSA) is 52.0 Å². The van der Waals surface area contributed by atoms with E-state index in [-0.39, 0.29) is 0 Å². The molecule has 0 aliphatic carbocycles. The smallest absolute Gasteiger partial charge is 0.244 e. The second-order valence-electron chi connectivity index (χ2n) is 1.61. The lowest BCUT2D eigenvalue weighted by Gasteiger charge is -1.96. The molecule has 0 spiro atoms. The predicted molar refractivity (Wildman–Crippen MR) is 37.3 cm³/mol. The molecule has 0 aliphatic heterocycles. The standard InChI is InChI=1S/C4H5ClN2O2S/c5-3-10(8,9)7-2-1-6-4-7/h1-2,4H,3H2. The number of alkyl halides is 1. The average molecular weight is 181 g/mol. The van der Waals surface area contributed by atoms with Crippen LogP contribution in [0.5, 0.6) is 0 Å². The fourth-order valence-electron chi connectivity index (χ4n) is 0.468. The SMILES string of the molecule is O=S(=O)(CCl)n1ccnc1. The van der Waals surface area contributed by atoms with Gasteiger partial charge in [0.2, 0.25) is 0 Å². The van der Waals surface area contributed by atoms with Crippen molar-refractivity contribution < 1.29 is 8.42 Å². The lowest BCUT2D eigenvalue weighted by atomic mass is 11.0. The van der Waals surface area contributed by atoms with Gasteiger partial charge in [0.15, 0.2) is 0 Å². The molecular weight excluding hydrogens is 176 g/mol. The minimum Gasteiger partial charge on any atom is -0.244 e. The third kappa shape index (κ3) is 1.30. The second-order valence-corrected chi connectivity index (χ2v) is 4.07. The van der Waals surface area contributed by atoms with Gasteiger partial charge in [-0.15, -0.1) is 11.6 Å². The highest BCUT2D eigenvalue weighted by atomic mass is 35.5. The van der Waals surface area contributed by atoms with Crippen LogP contribution in [-0.2, 0) is 10.0 Å². The molecule has 0 atom stereocenters. The maximum Gasteiger partial charge on any atom is 0.253 e. The first-order valence-corrected chi connectivity index (χ1v) is 4.58. The third-order valence-electron chi connectivity index (χ3n) is 0.939. The van der Waals surface area contributed by atoms with Gasteiger partial charge in [-0.3, -0.25) is 0 Å². The highest BCUT2D eigenvalue weighted by molar-refractivity contribution is 7.91. The van der Waals surface area contributed by atoms with Gasteiger partial charge in [-0.25, -0.2) is 17.4 Å². The van der Waals surface area contributed by atoms with Crippen molar-refractivity contribution in [1.82, 2.24) is 8.96 Å². The van der Waals surface area contributed by atoms with Crippen molar-refractivity contribution in [2.45, 2.75) is 0 Å². The van der Waals surface area contributed by atoms with Crippen LogP contribution in [-0.4, -0.2) is 22.6 Å². The summed E-state index contributed by atoms with van der Waals surface area (Å²) in [6.45, 7) is 0. The summed E-state index contributed by atoms with van der Waals surface area (Å²) in [5, 5.41) is -0.427. The highest BCUT2D eigenvalue weighted by Crippen LogP contribution is 1.97. The zero-order chi connectivity index (χ0) is 7.61. The van der Waals surface area contributed by atoms with E-state index in [1.54, 1.807) is 0 Å². The molecule has 1 rings (SSSR count). The van der Waals surface area contributed by atoms with Crippen molar-refractivity contribution in [3.8, 4) is 0 Å². The summed E-state index contributed by atoms with van der Waals surface area (Å²) in [7, 11) is -3.34. The molecule has 0 fully saturated rings. The maximum atomic E-state index is 10.9. The monoisotopic (exact) mass is 180 g/mol. The molecule has 1 aromatic rings. The largest absolute Gasteiger partial charge is 0.253 e. The molecule has 0 aliphatic rings. The molecule has 0 amide bonds. The lowest BCUT2D eigenvalue weighted by Crippen LogP contribution is -2.10. The molecule has 1 aromatic heterocycles. The normalized spacial score (nSPS) is 11.7. The maximum absolute atomic E-state index is 10.9. The van der Waals surface area contributed by atoms with Crippen LogP contribution in [0.3, 0.4) is 0 Å². The summed E-state index contributed by atoms with van der Waals surface area (Å²) in [4.78, 5) is 3.56. The molecule has 0 unspecified atom stereocenters. The van der Waals surface area contributed by atoms with Crippen LogP contribution < -0.4 is 0 Å². The Labute approximate surface area is 63.5 Å². The van der Waals surface area contributed by atoms with Crippen LogP contribution in [0, 0.1) is 0 Å². The van der Waals surface area contributed by atoms with Gasteiger partial charge in [-0.1, -0.05) is 0 Å². The molecule has 56 valence electrons. The molecule has 6 heteroatoms. The first-order valence-electron chi connectivity index (χ1n) is 2.44. The predicted octanol–water partition coefficient (Wildman–Crippen LogP) is 0.257. The Kier molecular flexibility index (Phi) is 1.96. The number of rotatable bonds is 2. The van der Waals surface area contributed by atoms with Crippen molar-refractivity contribution in [2.75, 3.05) is 5.21 Å². The van der Waals surface area contributed by atoms with Gasteiger partial charge >= 0.3 is 0 Å². The lowest BCUT2D eigenvalue weighted by molar-refractivity contribution is 0.592. The van der Waals surface area contributed by atoms with E-state index in [1.165, 1.54) is 18.7 Å². The quantitative estimate of drug-likeness (QED) is 0.614. The van der Waals surface area contributed by atoms with Crippen LogP contribution >= 0.6 is 11.6 Å². The second kappa shape index (κ2) is 2.59. The number of aromatic nitrogens is 2. The van der Waals surface area contributed by atoms with Crippen LogP contribution in [0.25, 0.3) is 0 Å². The van der Waals surface area contributed by atoms with Crippen molar-refractivity contribution >= 4 is 21.6 Å². The third-order valence-corrected chi connectivity index (χ3v) is 2.90. The van der Waals surface area contributed by atoms with E-state index in [0.29, 0.717) is 0 Å². The van der Waals surface area contributed by atoms with Crippen LogP contribution in [0.15, 0.2) is 18.7 Å². The van der Waals surface area contributed by atoms with Gasteiger partial charge in [0.25, 0.3) is 10.0 Å². The van der Waals surface area contributed by atoms with Crippen LogP contribution in [0.4, 0.5) is 0 Å². The van der Waals surface area contributed by atoms with Gasteiger partial charge < -0.3 is 0 Å². The highest BCUT2D eigenvalue weighted by Gasteiger charge is 2.08. The molecular formula is C4H5ClN2O2S. The number of halogens is 1. The molecule has 0 aromatic carbocycles. The Morgan fingerprint density at radius 2 is 2.30 bits per heavy atom. The Balaban J connectivity index is 3.09. The summed E-state index contributed by atoms with van der Waals surface area (Å²) >= 11 is 5.15. The molecule has 0 N–H and O–H groups in total. The van der Waals surface area contributed by atoms with Crippen LogP contribution in [0.1, 0.15) is 0 Å². The fraction of sp³-hybridized carbons (Fsp3) is 0.250. The minimum absolute atomic E-state index is 0.427. The number of hydrogen-bond acceptors (Lipinski definition) is 3. The van der Waals surface area contributed by atoms with E-state index in [0.717, 1.165) is 3.97 Å². The van der Waals surface area contributed by atoms with Crippen molar-refractivity contribution in [3.05, 3.63) is 18.7 Å². The average Bonchev–Trinajstić information content (AvgIpc) is 2.38. The Morgan fingerprint density at radius 3 is 2.70 bits per heavy atom. The molecule has 1 heterocycles. The summed E-state index contributed by atoms with van der Waals surface area (Å²) in [6.07, 6.45) is 3.90. The zero-order valence-corrected chi connectivity index (χ0v) is 6.51. The Bertz CT molecular complexity index is 291. The summed E-state index contributed by atoms with van der Waals surface area (Å²) in [5.41, 5.74) is 0. The molecule has 0 saturated carbocycles. The summed E-state index contributed by atoms with van der Waals surface area (Å²) in [6, 6.07) is 0. The van der Waals surface area contributed by atoms with Gasteiger partial charge in [0.1, 0.15) is 11.5 Å². The van der Waals surface area contributed by atoms with E-state index in [4.69, 9.17) is 11.6 Å². The number of imidazole rings is 1. The first-order chi connectivity index (χ1) is 4.67. The zero-order valence-electron chi connectivity index (χ0n) is 4.94. The molecule has 0 saturated heterocycles. The fourth-order valence-corrected chi connectivity index (χ4v) is 1.36. The van der Waals surface area contributed by atoms with Crippen molar-refractivity contribution in [2.24, 2.45) is 0 Å². The van der Waals surface area contributed by atoms with E-state index < -0.39 is 15.2 Å². The van der Waals surface area contributed by atoms with Crippen molar-refractivity contribution in [1.29, 1.82) is 0 Å². The van der Waals surface area contributed by atoms with Gasteiger partial charge in [-0.2, -0.15) is 0 Å². The van der Waals surface area contributed by atoms with Gasteiger partial charge in [0.05, 0.1) is 0 Å². The number of nitrogens with zero attached hydrogens (tertiary/aromatic N) is 2. The van der Waals surface area contributed by atoms with E-state index in [1.807, 2.05) is 0 Å². The Hall–Kier alpha value is -0.550. The first kappa shape index (κ1) is 7.56.